The first-order valence-corrected chi connectivity index (χ1v) is 11.9. The van der Waals surface area contributed by atoms with Crippen LogP contribution in [0.4, 0.5) is 5.69 Å². The summed E-state index contributed by atoms with van der Waals surface area (Å²) in [6, 6.07) is 36.8. The Balaban J connectivity index is 1.57. The van der Waals surface area contributed by atoms with E-state index in [9.17, 15) is 10.1 Å². The molecule has 0 aliphatic carbocycles. The summed E-state index contributed by atoms with van der Waals surface area (Å²) in [5.74, 6) is 0.563. The number of oxazole rings is 1. The summed E-state index contributed by atoms with van der Waals surface area (Å²) >= 11 is 0. The molecule has 2 heterocycles. The van der Waals surface area contributed by atoms with E-state index in [4.69, 9.17) is 9.40 Å². The number of nitro groups is 1. The van der Waals surface area contributed by atoms with Gasteiger partial charge in [0.15, 0.2) is 5.58 Å². The molecule has 176 valence electrons. The van der Waals surface area contributed by atoms with Gasteiger partial charge in [0.1, 0.15) is 5.52 Å². The highest BCUT2D eigenvalue weighted by atomic mass is 16.6. The molecule has 0 N–H and O–H groups in total. The van der Waals surface area contributed by atoms with Gasteiger partial charge in [-0.05, 0) is 60.2 Å². The minimum absolute atomic E-state index is 0.0834. The Morgan fingerprint density at radius 3 is 2.24 bits per heavy atom. The van der Waals surface area contributed by atoms with Crippen LogP contribution in [0.15, 0.2) is 120 Å². The SMILES string of the molecule is O=[N+]([O-])c1ccccc1-c1ccc2c(c1)c1ccc3oc(-c4ccccc4)nc3c1n2-c1ccccc1. The molecular weight excluding hydrogens is 462 g/mol. The summed E-state index contributed by atoms with van der Waals surface area (Å²) in [5.41, 5.74) is 6.75. The molecule has 37 heavy (non-hydrogen) atoms. The summed E-state index contributed by atoms with van der Waals surface area (Å²) in [5, 5.41) is 13.7. The normalized spacial score (nSPS) is 11.5. The van der Waals surface area contributed by atoms with E-state index < -0.39 is 0 Å². The van der Waals surface area contributed by atoms with E-state index in [2.05, 4.69) is 16.7 Å². The molecule has 0 spiro atoms. The second kappa shape index (κ2) is 8.17. The number of aromatic nitrogens is 2. The van der Waals surface area contributed by atoms with Gasteiger partial charge in [0.05, 0.1) is 21.5 Å². The lowest BCUT2D eigenvalue weighted by molar-refractivity contribution is -0.384. The molecule has 0 saturated carbocycles. The number of hydrogen-bond donors (Lipinski definition) is 0. The van der Waals surface area contributed by atoms with Crippen molar-refractivity contribution in [2.75, 3.05) is 0 Å². The quantitative estimate of drug-likeness (QED) is 0.188. The molecule has 0 atom stereocenters. The molecule has 0 saturated heterocycles. The highest BCUT2D eigenvalue weighted by Crippen LogP contribution is 2.40. The molecular formula is C31H19N3O3. The Hall–Kier alpha value is -5.23. The van der Waals surface area contributed by atoms with Crippen LogP contribution in [-0.2, 0) is 0 Å². The van der Waals surface area contributed by atoms with E-state index in [-0.39, 0.29) is 10.6 Å². The largest absolute Gasteiger partial charge is 0.436 e. The highest BCUT2D eigenvalue weighted by molar-refractivity contribution is 6.17. The van der Waals surface area contributed by atoms with Crippen molar-refractivity contribution in [3.8, 4) is 28.3 Å². The van der Waals surface area contributed by atoms with Gasteiger partial charge in [-0.25, -0.2) is 4.98 Å². The molecule has 0 bridgehead atoms. The molecule has 0 unspecified atom stereocenters. The standard InChI is InChI=1S/C31H19N3O3/c35-34(36)27-14-8-7-13-23(27)21-15-17-26-25(19-21)24-16-18-28-29(30(24)33(26)22-11-5-2-6-12-22)32-31(37-28)20-9-3-1-4-10-20/h1-19H. The van der Waals surface area contributed by atoms with E-state index >= 15 is 0 Å². The topological polar surface area (TPSA) is 74.1 Å². The van der Waals surface area contributed by atoms with Gasteiger partial charge < -0.3 is 8.98 Å². The molecule has 0 radical (unpaired) electrons. The minimum atomic E-state index is -0.336. The maximum atomic E-state index is 11.7. The third-order valence-electron chi connectivity index (χ3n) is 6.73. The Bertz CT molecular complexity index is 1950. The van der Waals surface area contributed by atoms with Gasteiger partial charge in [0, 0.05) is 28.1 Å². The molecule has 6 heteroatoms. The molecule has 0 fully saturated rings. The van der Waals surface area contributed by atoms with Crippen molar-refractivity contribution >= 4 is 38.6 Å². The number of rotatable bonds is 4. The molecule has 6 nitrogen and oxygen atoms in total. The van der Waals surface area contributed by atoms with Gasteiger partial charge in [-0.15, -0.1) is 0 Å². The Morgan fingerprint density at radius 1 is 0.730 bits per heavy atom. The molecule has 7 rings (SSSR count). The molecule has 5 aromatic carbocycles. The van der Waals surface area contributed by atoms with Gasteiger partial charge in [-0.3, -0.25) is 10.1 Å². The number of benzene rings is 5. The fourth-order valence-corrected chi connectivity index (χ4v) is 5.08. The predicted octanol–water partition coefficient (Wildman–Crippen LogP) is 8.17. The van der Waals surface area contributed by atoms with E-state index in [0.717, 1.165) is 44.1 Å². The van der Waals surface area contributed by atoms with Crippen LogP contribution < -0.4 is 0 Å². The van der Waals surface area contributed by atoms with Crippen LogP contribution in [0.25, 0.3) is 61.2 Å². The first kappa shape index (κ1) is 21.1. The van der Waals surface area contributed by atoms with Crippen LogP contribution in [0.1, 0.15) is 0 Å². The molecule has 7 aromatic rings. The lowest BCUT2D eigenvalue weighted by Gasteiger charge is -2.08. The fraction of sp³-hybridized carbons (Fsp3) is 0. The van der Waals surface area contributed by atoms with Crippen molar-refractivity contribution in [1.82, 2.24) is 9.55 Å². The maximum Gasteiger partial charge on any atom is 0.277 e. The minimum Gasteiger partial charge on any atom is -0.436 e. The summed E-state index contributed by atoms with van der Waals surface area (Å²) in [6.45, 7) is 0. The van der Waals surface area contributed by atoms with Crippen molar-refractivity contribution in [2.45, 2.75) is 0 Å². The zero-order valence-electron chi connectivity index (χ0n) is 19.5. The number of nitrogens with zero attached hydrogens (tertiary/aromatic N) is 3. The predicted molar refractivity (Wildman–Crippen MR) is 146 cm³/mol. The van der Waals surface area contributed by atoms with Gasteiger partial charge in [0.2, 0.25) is 5.89 Å². The third kappa shape index (κ3) is 3.31. The summed E-state index contributed by atoms with van der Waals surface area (Å²) in [4.78, 5) is 16.3. The fourth-order valence-electron chi connectivity index (χ4n) is 5.08. The van der Waals surface area contributed by atoms with Crippen LogP contribution in [0.5, 0.6) is 0 Å². The maximum absolute atomic E-state index is 11.7. The number of para-hydroxylation sites is 2. The summed E-state index contributed by atoms with van der Waals surface area (Å²) in [7, 11) is 0. The summed E-state index contributed by atoms with van der Waals surface area (Å²) in [6.07, 6.45) is 0. The lowest BCUT2D eigenvalue weighted by Crippen LogP contribution is -1.94. The van der Waals surface area contributed by atoms with Crippen molar-refractivity contribution < 1.29 is 9.34 Å². The molecule has 0 aliphatic heterocycles. The van der Waals surface area contributed by atoms with Crippen molar-refractivity contribution in [3.63, 3.8) is 0 Å². The van der Waals surface area contributed by atoms with E-state index in [0.29, 0.717) is 17.0 Å². The van der Waals surface area contributed by atoms with E-state index in [1.807, 2.05) is 84.9 Å². The van der Waals surface area contributed by atoms with E-state index in [1.54, 1.807) is 12.1 Å². The van der Waals surface area contributed by atoms with Gasteiger partial charge >= 0.3 is 0 Å². The summed E-state index contributed by atoms with van der Waals surface area (Å²) < 4.78 is 8.37. The molecule has 0 amide bonds. The average molecular weight is 482 g/mol. The lowest BCUT2D eigenvalue weighted by atomic mass is 10.0. The Labute approximate surface area is 211 Å². The number of nitro benzene ring substituents is 1. The molecule has 2 aromatic heterocycles. The zero-order chi connectivity index (χ0) is 24.9. The van der Waals surface area contributed by atoms with Crippen molar-refractivity contribution in [1.29, 1.82) is 0 Å². The zero-order valence-corrected chi connectivity index (χ0v) is 19.5. The highest BCUT2D eigenvalue weighted by Gasteiger charge is 2.21. The van der Waals surface area contributed by atoms with Gasteiger partial charge in [0.25, 0.3) is 5.69 Å². The Morgan fingerprint density at radius 2 is 1.46 bits per heavy atom. The van der Waals surface area contributed by atoms with Crippen LogP contribution in [0, 0.1) is 10.1 Å². The first-order valence-electron chi connectivity index (χ1n) is 11.9. The van der Waals surface area contributed by atoms with E-state index in [1.165, 1.54) is 6.07 Å². The van der Waals surface area contributed by atoms with Gasteiger partial charge in [-0.2, -0.15) is 0 Å². The van der Waals surface area contributed by atoms with Gasteiger partial charge in [-0.1, -0.05) is 54.6 Å². The number of fused-ring (bicyclic) bond motifs is 5. The van der Waals surface area contributed by atoms with Crippen LogP contribution in [-0.4, -0.2) is 14.5 Å². The average Bonchev–Trinajstić information content (AvgIpc) is 3.53. The van der Waals surface area contributed by atoms with Crippen LogP contribution >= 0.6 is 0 Å². The molecule has 0 aliphatic rings. The van der Waals surface area contributed by atoms with Crippen molar-refractivity contribution in [2.24, 2.45) is 0 Å². The second-order valence-corrected chi connectivity index (χ2v) is 8.87. The van der Waals surface area contributed by atoms with Crippen LogP contribution in [0.3, 0.4) is 0 Å². The monoisotopic (exact) mass is 481 g/mol. The van der Waals surface area contributed by atoms with Crippen LogP contribution in [0.2, 0.25) is 0 Å². The smallest absolute Gasteiger partial charge is 0.277 e. The van der Waals surface area contributed by atoms with Crippen molar-refractivity contribution in [3.05, 3.63) is 125 Å². The number of hydrogen-bond acceptors (Lipinski definition) is 4. The first-order chi connectivity index (χ1) is 18.2. The Kier molecular flexibility index (Phi) is 4.66. The third-order valence-corrected chi connectivity index (χ3v) is 6.73. The second-order valence-electron chi connectivity index (χ2n) is 8.87.